The highest BCUT2D eigenvalue weighted by molar-refractivity contribution is 6.31. The zero-order valence-corrected chi connectivity index (χ0v) is 10.1. The van der Waals surface area contributed by atoms with E-state index in [1.54, 1.807) is 6.07 Å². The summed E-state index contributed by atoms with van der Waals surface area (Å²) in [6.45, 7) is 1.11. The standard InChI is InChI=1S/C11H11ClN2O4/c12-9-2-1-3-10(14(17)18)8(9)6-13-4-7(5-13)11(15)16/h1-3,7H,4-6H2,(H,15,16). The molecule has 1 fully saturated rings. The van der Waals surface area contributed by atoms with Crippen molar-refractivity contribution in [3.63, 3.8) is 0 Å². The molecule has 2 rings (SSSR count). The number of aliphatic carboxylic acids is 1. The minimum absolute atomic E-state index is 0.0266. The molecule has 0 amide bonds. The van der Waals surface area contributed by atoms with Crippen LogP contribution in [0.3, 0.4) is 0 Å². The number of nitro groups is 1. The van der Waals surface area contributed by atoms with E-state index in [-0.39, 0.29) is 11.6 Å². The molecule has 0 bridgehead atoms. The molecule has 0 spiro atoms. The maximum atomic E-state index is 10.9. The maximum absolute atomic E-state index is 10.9. The second-order valence-electron chi connectivity index (χ2n) is 4.22. The lowest BCUT2D eigenvalue weighted by Crippen LogP contribution is -2.49. The van der Waals surface area contributed by atoms with Crippen LogP contribution in [0, 0.1) is 16.0 Å². The van der Waals surface area contributed by atoms with E-state index in [9.17, 15) is 14.9 Å². The number of rotatable bonds is 4. The van der Waals surface area contributed by atoms with Crippen molar-refractivity contribution in [3.8, 4) is 0 Å². The van der Waals surface area contributed by atoms with E-state index in [2.05, 4.69) is 0 Å². The summed E-state index contributed by atoms with van der Waals surface area (Å²) in [7, 11) is 0. The fraction of sp³-hybridized carbons (Fsp3) is 0.364. The van der Waals surface area contributed by atoms with Crippen molar-refractivity contribution in [3.05, 3.63) is 38.9 Å². The van der Waals surface area contributed by atoms with Gasteiger partial charge in [0.2, 0.25) is 0 Å². The zero-order valence-electron chi connectivity index (χ0n) is 9.38. The summed E-state index contributed by atoms with van der Waals surface area (Å²) in [5, 5.41) is 20.0. The summed E-state index contributed by atoms with van der Waals surface area (Å²) in [5.74, 6) is -1.22. The Kier molecular flexibility index (Phi) is 3.49. The van der Waals surface area contributed by atoms with Gasteiger partial charge in [-0.1, -0.05) is 17.7 Å². The molecule has 1 saturated heterocycles. The van der Waals surface area contributed by atoms with E-state index in [1.807, 2.05) is 4.90 Å². The summed E-state index contributed by atoms with van der Waals surface area (Å²) in [6.07, 6.45) is 0. The summed E-state index contributed by atoms with van der Waals surface area (Å²) < 4.78 is 0. The third-order valence-electron chi connectivity index (χ3n) is 2.98. The van der Waals surface area contributed by atoms with Crippen LogP contribution in [-0.2, 0) is 11.3 Å². The van der Waals surface area contributed by atoms with Crippen LogP contribution in [0.25, 0.3) is 0 Å². The average molecular weight is 271 g/mol. The first-order valence-corrected chi connectivity index (χ1v) is 5.73. The van der Waals surface area contributed by atoms with E-state index in [1.165, 1.54) is 12.1 Å². The Morgan fingerprint density at radius 3 is 2.78 bits per heavy atom. The van der Waals surface area contributed by atoms with Crippen LogP contribution in [0.15, 0.2) is 18.2 Å². The number of hydrogen-bond donors (Lipinski definition) is 1. The predicted molar refractivity (Wildman–Crippen MR) is 64.5 cm³/mol. The second-order valence-corrected chi connectivity index (χ2v) is 4.63. The number of nitrogens with zero attached hydrogens (tertiary/aromatic N) is 2. The van der Waals surface area contributed by atoms with Gasteiger partial charge in [-0.2, -0.15) is 0 Å². The minimum atomic E-state index is -0.833. The fourth-order valence-electron chi connectivity index (χ4n) is 1.95. The Bertz CT molecular complexity index is 500. The number of nitro benzene ring substituents is 1. The van der Waals surface area contributed by atoms with Crippen molar-refractivity contribution in [2.24, 2.45) is 5.92 Å². The van der Waals surface area contributed by atoms with Crippen LogP contribution in [0.2, 0.25) is 5.02 Å². The van der Waals surface area contributed by atoms with Crippen molar-refractivity contribution in [1.29, 1.82) is 0 Å². The quantitative estimate of drug-likeness (QED) is 0.666. The first-order valence-electron chi connectivity index (χ1n) is 5.36. The molecule has 0 aromatic heterocycles. The monoisotopic (exact) mass is 270 g/mol. The Labute approximate surface area is 108 Å². The van der Waals surface area contributed by atoms with Gasteiger partial charge in [0.25, 0.3) is 5.69 Å². The zero-order chi connectivity index (χ0) is 13.3. The van der Waals surface area contributed by atoms with Gasteiger partial charge in [0.05, 0.1) is 21.4 Å². The number of halogens is 1. The van der Waals surface area contributed by atoms with Crippen LogP contribution in [0.4, 0.5) is 5.69 Å². The number of carbonyl (C=O) groups is 1. The number of likely N-dealkylation sites (tertiary alicyclic amines) is 1. The van der Waals surface area contributed by atoms with E-state index in [0.29, 0.717) is 30.2 Å². The maximum Gasteiger partial charge on any atom is 0.309 e. The SMILES string of the molecule is O=C(O)C1CN(Cc2c(Cl)cccc2[N+](=O)[O-])C1. The van der Waals surface area contributed by atoms with Crippen molar-refractivity contribution >= 4 is 23.3 Å². The lowest BCUT2D eigenvalue weighted by molar-refractivity contribution is -0.385. The van der Waals surface area contributed by atoms with E-state index in [0.717, 1.165) is 0 Å². The molecule has 7 heteroatoms. The van der Waals surface area contributed by atoms with Crippen LogP contribution in [-0.4, -0.2) is 34.0 Å². The molecule has 0 atom stereocenters. The molecule has 6 nitrogen and oxygen atoms in total. The highest BCUT2D eigenvalue weighted by Gasteiger charge is 2.33. The Balaban J connectivity index is 2.11. The number of hydrogen-bond acceptors (Lipinski definition) is 4. The second kappa shape index (κ2) is 4.91. The molecule has 1 N–H and O–H groups in total. The van der Waals surface area contributed by atoms with Gasteiger partial charge in [-0.25, -0.2) is 0 Å². The third-order valence-corrected chi connectivity index (χ3v) is 3.33. The van der Waals surface area contributed by atoms with Gasteiger partial charge in [0.1, 0.15) is 0 Å². The number of benzene rings is 1. The molecule has 96 valence electrons. The average Bonchev–Trinajstić information content (AvgIpc) is 2.23. The normalized spacial score (nSPS) is 16.3. The van der Waals surface area contributed by atoms with Gasteiger partial charge < -0.3 is 5.11 Å². The summed E-state index contributed by atoms with van der Waals surface area (Å²) in [5.41, 5.74) is 0.411. The van der Waals surface area contributed by atoms with Gasteiger partial charge in [0.15, 0.2) is 0 Å². The van der Waals surface area contributed by atoms with Gasteiger partial charge in [-0.15, -0.1) is 0 Å². The van der Waals surface area contributed by atoms with Crippen molar-refractivity contribution in [2.45, 2.75) is 6.54 Å². The molecule has 1 aliphatic heterocycles. The highest BCUT2D eigenvalue weighted by Crippen LogP contribution is 2.29. The largest absolute Gasteiger partial charge is 0.481 e. The van der Waals surface area contributed by atoms with Crippen LogP contribution in [0.1, 0.15) is 5.56 Å². The van der Waals surface area contributed by atoms with Crippen LogP contribution < -0.4 is 0 Å². The lowest BCUT2D eigenvalue weighted by atomic mass is 9.99. The molecule has 1 heterocycles. The van der Waals surface area contributed by atoms with Gasteiger partial charge in [-0.3, -0.25) is 19.8 Å². The Morgan fingerprint density at radius 1 is 1.56 bits per heavy atom. The van der Waals surface area contributed by atoms with Crippen molar-refractivity contribution in [1.82, 2.24) is 4.90 Å². The van der Waals surface area contributed by atoms with Gasteiger partial charge in [0, 0.05) is 25.7 Å². The predicted octanol–water partition coefficient (Wildman–Crippen LogP) is 1.76. The molecule has 0 aliphatic carbocycles. The molecule has 1 aromatic rings. The number of carboxylic acids is 1. The first kappa shape index (κ1) is 12.8. The van der Waals surface area contributed by atoms with Crippen molar-refractivity contribution in [2.75, 3.05) is 13.1 Å². The lowest BCUT2D eigenvalue weighted by Gasteiger charge is -2.36. The van der Waals surface area contributed by atoms with Crippen molar-refractivity contribution < 1.29 is 14.8 Å². The molecule has 1 aromatic carbocycles. The van der Waals surface area contributed by atoms with Crippen LogP contribution >= 0.6 is 11.6 Å². The first-order chi connectivity index (χ1) is 8.49. The molecular formula is C11H11ClN2O4. The molecule has 0 saturated carbocycles. The molecule has 0 radical (unpaired) electrons. The topological polar surface area (TPSA) is 83.7 Å². The van der Waals surface area contributed by atoms with E-state index < -0.39 is 10.9 Å². The minimum Gasteiger partial charge on any atom is -0.481 e. The molecule has 0 unspecified atom stereocenters. The number of carboxylic acid groups (broad SMARTS) is 1. The fourth-order valence-corrected chi connectivity index (χ4v) is 2.18. The highest BCUT2D eigenvalue weighted by atomic mass is 35.5. The molecule has 18 heavy (non-hydrogen) atoms. The summed E-state index contributed by atoms with van der Waals surface area (Å²) in [6, 6.07) is 4.52. The van der Waals surface area contributed by atoms with Crippen LogP contribution in [0.5, 0.6) is 0 Å². The molecular weight excluding hydrogens is 260 g/mol. The molecule has 1 aliphatic rings. The third kappa shape index (κ3) is 2.44. The Hall–Kier alpha value is -1.66. The smallest absolute Gasteiger partial charge is 0.309 e. The Morgan fingerprint density at radius 2 is 2.22 bits per heavy atom. The van der Waals surface area contributed by atoms with E-state index >= 15 is 0 Å². The van der Waals surface area contributed by atoms with Gasteiger partial charge >= 0.3 is 5.97 Å². The summed E-state index contributed by atoms with van der Waals surface area (Å²) in [4.78, 5) is 22.9. The van der Waals surface area contributed by atoms with Gasteiger partial charge in [-0.05, 0) is 6.07 Å². The summed E-state index contributed by atoms with van der Waals surface area (Å²) >= 11 is 5.95. The van der Waals surface area contributed by atoms with E-state index in [4.69, 9.17) is 16.7 Å².